The van der Waals surface area contributed by atoms with Gasteiger partial charge in [-0.2, -0.15) is 0 Å². The van der Waals surface area contributed by atoms with Gasteiger partial charge in [0.05, 0.1) is 11.4 Å². The number of carbonyl (C=O) groups excluding carboxylic acids is 1. The third kappa shape index (κ3) is 6.12. The van der Waals surface area contributed by atoms with Gasteiger partial charge in [-0.25, -0.2) is 22.0 Å². The number of halogens is 2. The number of ether oxygens (including phenoxy) is 2. The molecule has 0 radical (unpaired) electrons. The standard InChI is InChI=1S/C24H29F2N3O6S/c1-6-36(32,33)27-19-9-7-8-14(22(19)26)10-16-17(13-28(2)3)15-11-18(25)21(35-24(31)29(4)5)12-20(15)34-23(16)30/h7-9,11-12,23,27,30H,6,10,13H2,1-5H3. The zero-order valence-electron chi connectivity index (χ0n) is 20.6. The van der Waals surface area contributed by atoms with E-state index in [4.69, 9.17) is 9.47 Å². The molecule has 0 saturated heterocycles. The molecule has 0 spiro atoms. The van der Waals surface area contributed by atoms with Gasteiger partial charge in [0, 0.05) is 44.3 Å². The predicted octanol–water partition coefficient (Wildman–Crippen LogP) is 3.06. The predicted molar refractivity (Wildman–Crippen MR) is 131 cm³/mol. The summed E-state index contributed by atoms with van der Waals surface area (Å²) in [5, 5.41) is 10.8. The van der Waals surface area contributed by atoms with Crippen molar-refractivity contribution in [1.29, 1.82) is 0 Å². The number of benzene rings is 2. The number of amides is 1. The Bertz CT molecular complexity index is 1290. The van der Waals surface area contributed by atoms with E-state index in [9.17, 15) is 22.7 Å². The summed E-state index contributed by atoms with van der Waals surface area (Å²) in [5.74, 6) is -2.11. The van der Waals surface area contributed by atoms with Crippen LogP contribution in [0.25, 0.3) is 5.57 Å². The van der Waals surface area contributed by atoms with E-state index in [2.05, 4.69) is 4.72 Å². The van der Waals surface area contributed by atoms with E-state index in [0.717, 1.165) is 11.0 Å². The van der Waals surface area contributed by atoms with Crippen molar-refractivity contribution >= 4 is 27.4 Å². The molecule has 2 aromatic rings. The molecule has 36 heavy (non-hydrogen) atoms. The Labute approximate surface area is 209 Å². The summed E-state index contributed by atoms with van der Waals surface area (Å²) in [6, 6.07) is 6.58. The van der Waals surface area contributed by atoms with Crippen LogP contribution < -0.4 is 14.2 Å². The molecule has 2 aromatic carbocycles. The maximum atomic E-state index is 15.2. The van der Waals surface area contributed by atoms with Crippen LogP contribution in [-0.4, -0.2) is 76.2 Å². The highest BCUT2D eigenvalue weighted by Crippen LogP contribution is 2.41. The van der Waals surface area contributed by atoms with Gasteiger partial charge in [-0.3, -0.25) is 4.72 Å². The van der Waals surface area contributed by atoms with Gasteiger partial charge in [0.15, 0.2) is 17.4 Å². The first-order valence-corrected chi connectivity index (χ1v) is 12.7. The molecule has 0 fully saturated rings. The number of anilines is 1. The second-order valence-electron chi connectivity index (χ2n) is 8.71. The highest BCUT2D eigenvalue weighted by molar-refractivity contribution is 7.92. The first-order chi connectivity index (χ1) is 16.8. The second-order valence-corrected chi connectivity index (χ2v) is 10.7. The molecule has 1 unspecified atom stereocenters. The average Bonchev–Trinajstić information content (AvgIpc) is 2.79. The minimum atomic E-state index is -3.71. The van der Waals surface area contributed by atoms with Crippen molar-refractivity contribution < 1.29 is 36.6 Å². The monoisotopic (exact) mass is 525 g/mol. The van der Waals surface area contributed by atoms with Crippen molar-refractivity contribution in [3.05, 3.63) is 58.7 Å². The third-order valence-electron chi connectivity index (χ3n) is 5.43. The van der Waals surface area contributed by atoms with Crippen molar-refractivity contribution in [3.8, 4) is 11.5 Å². The molecule has 196 valence electrons. The molecule has 1 amide bonds. The maximum Gasteiger partial charge on any atom is 0.414 e. The maximum absolute atomic E-state index is 15.2. The van der Waals surface area contributed by atoms with Crippen LogP contribution >= 0.6 is 0 Å². The number of aliphatic hydroxyl groups excluding tert-OH is 1. The minimum absolute atomic E-state index is 0.0935. The van der Waals surface area contributed by atoms with E-state index >= 15 is 4.39 Å². The van der Waals surface area contributed by atoms with Gasteiger partial charge >= 0.3 is 6.09 Å². The van der Waals surface area contributed by atoms with Gasteiger partial charge in [0.1, 0.15) is 5.75 Å². The lowest BCUT2D eigenvalue weighted by Crippen LogP contribution is -2.30. The van der Waals surface area contributed by atoms with E-state index in [1.165, 1.54) is 45.3 Å². The molecule has 0 bridgehead atoms. The molecule has 1 aliphatic rings. The van der Waals surface area contributed by atoms with Crippen LogP contribution in [-0.2, 0) is 16.4 Å². The summed E-state index contributed by atoms with van der Waals surface area (Å²) in [6.07, 6.45) is -2.43. The Kier molecular flexibility index (Phi) is 8.22. The number of fused-ring (bicyclic) bond motifs is 1. The van der Waals surface area contributed by atoms with Crippen molar-refractivity contribution in [2.75, 3.05) is 45.2 Å². The number of hydrogen-bond acceptors (Lipinski definition) is 7. The Balaban J connectivity index is 2.07. The van der Waals surface area contributed by atoms with Crippen molar-refractivity contribution in [2.24, 2.45) is 0 Å². The SMILES string of the molecule is CCS(=O)(=O)Nc1cccc(CC2=C(CN(C)C)c3cc(F)c(OC(=O)N(C)C)cc3OC2O)c1F. The number of sulfonamides is 1. The van der Waals surface area contributed by atoms with Gasteiger partial charge in [-0.1, -0.05) is 12.1 Å². The van der Waals surface area contributed by atoms with Gasteiger partial charge in [0.2, 0.25) is 16.3 Å². The van der Waals surface area contributed by atoms with Gasteiger partial charge in [0.25, 0.3) is 0 Å². The zero-order chi connectivity index (χ0) is 26.8. The largest absolute Gasteiger partial charge is 0.460 e. The number of hydrogen-bond donors (Lipinski definition) is 2. The number of aliphatic hydroxyl groups is 1. The van der Waals surface area contributed by atoms with Crippen LogP contribution in [0.5, 0.6) is 11.5 Å². The number of carbonyl (C=O) groups is 1. The first-order valence-electron chi connectivity index (χ1n) is 11.0. The van der Waals surface area contributed by atoms with Gasteiger partial charge in [-0.15, -0.1) is 0 Å². The molecule has 0 saturated carbocycles. The lowest BCUT2D eigenvalue weighted by molar-refractivity contribution is 0.00984. The Morgan fingerprint density at radius 1 is 1.19 bits per heavy atom. The number of likely N-dealkylation sites (N-methyl/N-ethyl adjacent to an activating group) is 1. The van der Waals surface area contributed by atoms with Gasteiger partial charge < -0.3 is 24.4 Å². The van der Waals surface area contributed by atoms with Crippen LogP contribution in [0.2, 0.25) is 0 Å². The average molecular weight is 526 g/mol. The zero-order valence-corrected chi connectivity index (χ0v) is 21.4. The smallest absolute Gasteiger partial charge is 0.414 e. The minimum Gasteiger partial charge on any atom is -0.460 e. The molecule has 12 heteroatoms. The molecular weight excluding hydrogens is 496 g/mol. The Hall–Kier alpha value is -3.22. The molecule has 1 atom stereocenters. The molecule has 0 aromatic heterocycles. The fourth-order valence-electron chi connectivity index (χ4n) is 3.58. The molecule has 0 aliphatic carbocycles. The summed E-state index contributed by atoms with van der Waals surface area (Å²) in [6.45, 7) is 1.68. The summed E-state index contributed by atoms with van der Waals surface area (Å²) in [4.78, 5) is 14.8. The van der Waals surface area contributed by atoms with E-state index in [0.29, 0.717) is 11.1 Å². The van der Waals surface area contributed by atoms with Crippen molar-refractivity contribution in [3.63, 3.8) is 0 Å². The van der Waals surface area contributed by atoms with E-state index in [1.807, 2.05) is 0 Å². The van der Waals surface area contributed by atoms with Crippen LogP contribution in [0.1, 0.15) is 18.1 Å². The topological polar surface area (TPSA) is 108 Å². The first kappa shape index (κ1) is 27.4. The van der Waals surface area contributed by atoms with Crippen LogP contribution in [0, 0.1) is 11.6 Å². The molecule has 2 N–H and O–H groups in total. The molecular formula is C24H29F2N3O6S. The summed E-state index contributed by atoms with van der Waals surface area (Å²) < 4.78 is 66.8. The van der Waals surface area contributed by atoms with Crippen LogP contribution in [0.3, 0.4) is 0 Å². The molecule has 1 heterocycles. The highest BCUT2D eigenvalue weighted by atomic mass is 32.2. The number of nitrogens with one attached hydrogen (secondary N) is 1. The lowest BCUT2D eigenvalue weighted by Gasteiger charge is -2.30. The van der Waals surface area contributed by atoms with Crippen molar-refractivity contribution in [1.82, 2.24) is 9.80 Å². The van der Waals surface area contributed by atoms with Crippen LogP contribution in [0.4, 0.5) is 19.3 Å². The second kappa shape index (κ2) is 10.8. The quantitative estimate of drug-likeness (QED) is 0.545. The van der Waals surface area contributed by atoms with Crippen molar-refractivity contribution in [2.45, 2.75) is 19.6 Å². The number of nitrogens with zero attached hydrogens (tertiary/aromatic N) is 2. The highest BCUT2D eigenvalue weighted by Gasteiger charge is 2.30. The summed E-state index contributed by atoms with van der Waals surface area (Å²) in [7, 11) is 2.74. The normalized spacial score (nSPS) is 15.4. The fraction of sp³-hybridized carbons (Fsp3) is 0.375. The molecule has 9 nitrogen and oxygen atoms in total. The van der Waals surface area contributed by atoms with Crippen LogP contribution in [0.15, 0.2) is 35.9 Å². The fourth-order valence-corrected chi connectivity index (χ4v) is 4.22. The molecule has 1 aliphatic heterocycles. The third-order valence-corrected chi connectivity index (χ3v) is 6.72. The van der Waals surface area contributed by atoms with E-state index < -0.39 is 34.0 Å². The number of rotatable bonds is 8. The molecule has 3 rings (SSSR count). The summed E-state index contributed by atoms with van der Waals surface area (Å²) >= 11 is 0. The van der Waals surface area contributed by atoms with E-state index in [-0.39, 0.29) is 47.0 Å². The van der Waals surface area contributed by atoms with E-state index in [1.54, 1.807) is 19.0 Å². The van der Waals surface area contributed by atoms with Gasteiger partial charge in [-0.05, 0) is 44.3 Å². The Morgan fingerprint density at radius 3 is 2.50 bits per heavy atom. The lowest BCUT2D eigenvalue weighted by atomic mass is 9.91. The Morgan fingerprint density at radius 2 is 1.89 bits per heavy atom. The summed E-state index contributed by atoms with van der Waals surface area (Å²) in [5.41, 5.74) is 0.990.